The van der Waals surface area contributed by atoms with Gasteiger partial charge in [-0.2, -0.15) is 13.2 Å². The first-order valence-electron chi connectivity index (χ1n) is 6.93. The molecule has 0 amide bonds. The zero-order valence-electron chi connectivity index (χ0n) is 13.1. The van der Waals surface area contributed by atoms with Crippen LogP contribution in [-0.4, -0.2) is 32.5 Å². The SMILES string of the molecule is COc1ccccc1C(O)(c1ccccc1N(C)C)C(F)(F)F. The summed E-state index contributed by atoms with van der Waals surface area (Å²) >= 11 is 0. The molecule has 124 valence electrons. The summed E-state index contributed by atoms with van der Waals surface area (Å²) in [6, 6.07) is 11.5. The summed E-state index contributed by atoms with van der Waals surface area (Å²) in [5.74, 6) is -0.0270. The van der Waals surface area contributed by atoms with E-state index >= 15 is 0 Å². The lowest BCUT2D eigenvalue weighted by Crippen LogP contribution is -2.44. The highest BCUT2D eigenvalue weighted by Gasteiger charge is 2.58. The second kappa shape index (κ2) is 6.12. The quantitative estimate of drug-likeness (QED) is 0.933. The van der Waals surface area contributed by atoms with Crippen LogP contribution in [0.2, 0.25) is 0 Å². The first kappa shape index (κ1) is 17.1. The van der Waals surface area contributed by atoms with E-state index in [1.807, 2.05) is 0 Å². The van der Waals surface area contributed by atoms with Gasteiger partial charge in [-0.05, 0) is 12.1 Å². The predicted octanol–water partition coefficient (Wildman–Crippen LogP) is 3.56. The molecule has 0 radical (unpaired) electrons. The average Bonchev–Trinajstić information content (AvgIpc) is 2.52. The Bertz CT molecular complexity index is 686. The Balaban J connectivity index is 2.82. The summed E-state index contributed by atoms with van der Waals surface area (Å²) < 4.78 is 46.8. The highest BCUT2D eigenvalue weighted by molar-refractivity contribution is 5.60. The minimum Gasteiger partial charge on any atom is -0.496 e. The largest absolute Gasteiger partial charge is 0.496 e. The number of benzene rings is 2. The van der Waals surface area contributed by atoms with Crippen LogP contribution in [0.25, 0.3) is 0 Å². The summed E-state index contributed by atoms with van der Waals surface area (Å²) in [5, 5.41) is 10.8. The Morgan fingerprint density at radius 2 is 1.43 bits per heavy atom. The number of methoxy groups -OCH3 is 1. The monoisotopic (exact) mass is 325 g/mol. The number of ether oxygens (including phenoxy) is 1. The van der Waals surface area contributed by atoms with Crippen molar-refractivity contribution in [2.24, 2.45) is 0 Å². The second-order valence-electron chi connectivity index (χ2n) is 5.32. The van der Waals surface area contributed by atoms with Gasteiger partial charge in [0.25, 0.3) is 0 Å². The van der Waals surface area contributed by atoms with Crippen molar-refractivity contribution in [1.29, 1.82) is 0 Å². The van der Waals surface area contributed by atoms with Gasteiger partial charge in [-0.3, -0.25) is 0 Å². The molecule has 0 aliphatic carbocycles. The maximum atomic E-state index is 13.9. The topological polar surface area (TPSA) is 32.7 Å². The first-order valence-corrected chi connectivity index (χ1v) is 6.93. The van der Waals surface area contributed by atoms with E-state index in [9.17, 15) is 18.3 Å². The molecular weight excluding hydrogens is 307 g/mol. The van der Waals surface area contributed by atoms with E-state index in [-0.39, 0.29) is 22.6 Å². The Hall–Kier alpha value is -2.21. The number of aliphatic hydroxyl groups is 1. The molecule has 1 unspecified atom stereocenters. The lowest BCUT2D eigenvalue weighted by Gasteiger charge is -2.35. The third-order valence-corrected chi connectivity index (χ3v) is 3.68. The molecular formula is C17H18F3NO2. The van der Waals surface area contributed by atoms with Gasteiger partial charge in [0.2, 0.25) is 5.60 Å². The maximum absolute atomic E-state index is 13.9. The molecule has 3 nitrogen and oxygen atoms in total. The van der Waals surface area contributed by atoms with Crippen molar-refractivity contribution in [2.45, 2.75) is 11.8 Å². The van der Waals surface area contributed by atoms with E-state index < -0.39 is 11.8 Å². The summed E-state index contributed by atoms with van der Waals surface area (Å²) in [6.45, 7) is 0. The van der Waals surface area contributed by atoms with Gasteiger partial charge in [0.1, 0.15) is 5.75 Å². The highest BCUT2D eigenvalue weighted by atomic mass is 19.4. The standard InChI is InChI=1S/C17H18F3NO2/c1-21(2)14-10-6-4-8-12(14)16(22,17(18,19)20)13-9-5-7-11-15(13)23-3/h4-11,22H,1-3H3. The number of alkyl halides is 3. The van der Waals surface area contributed by atoms with Gasteiger partial charge in [-0.1, -0.05) is 36.4 Å². The Morgan fingerprint density at radius 1 is 0.913 bits per heavy atom. The Kier molecular flexibility index (Phi) is 4.56. The van der Waals surface area contributed by atoms with Gasteiger partial charge in [0.15, 0.2) is 0 Å². The molecule has 2 rings (SSSR count). The lowest BCUT2D eigenvalue weighted by atomic mass is 9.83. The maximum Gasteiger partial charge on any atom is 0.425 e. The Labute approximate surface area is 132 Å². The number of halogens is 3. The van der Waals surface area contributed by atoms with Crippen molar-refractivity contribution in [2.75, 3.05) is 26.1 Å². The second-order valence-corrected chi connectivity index (χ2v) is 5.32. The van der Waals surface area contributed by atoms with Crippen LogP contribution < -0.4 is 9.64 Å². The van der Waals surface area contributed by atoms with E-state index in [4.69, 9.17) is 4.74 Å². The molecule has 0 saturated heterocycles. The summed E-state index contributed by atoms with van der Waals surface area (Å²) in [4.78, 5) is 1.53. The fourth-order valence-electron chi connectivity index (χ4n) is 2.56. The molecule has 0 aromatic heterocycles. The average molecular weight is 325 g/mol. The van der Waals surface area contributed by atoms with Crippen molar-refractivity contribution in [3.8, 4) is 5.75 Å². The van der Waals surface area contributed by atoms with Gasteiger partial charge >= 0.3 is 6.18 Å². The summed E-state index contributed by atoms with van der Waals surface area (Å²) in [6.07, 6.45) is -4.92. The molecule has 6 heteroatoms. The summed E-state index contributed by atoms with van der Waals surface area (Å²) in [5.41, 5.74) is -3.50. The van der Waals surface area contributed by atoms with Crippen LogP contribution in [0.4, 0.5) is 18.9 Å². The molecule has 2 aromatic rings. The van der Waals surface area contributed by atoms with E-state index in [1.54, 1.807) is 26.2 Å². The molecule has 1 atom stereocenters. The van der Waals surface area contributed by atoms with E-state index in [0.717, 1.165) is 0 Å². The fraction of sp³-hybridized carbons (Fsp3) is 0.294. The molecule has 1 N–H and O–H groups in total. The van der Waals surface area contributed by atoms with Crippen molar-refractivity contribution < 1.29 is 23.0 Å². The molecule has 0 saturated carbocycles. The van der Waals surface area contributed by atoms with Crippen molar-refractivity contribution in [3.63, 3.8) is 0 Å². The van der Waals surface area contributed by atoms with Crippen LogP contribution in [0.1, 0.15) is 11.1 Å². The molecule has 2 aromatic carbocycles. The van der Waals surface area contributed by atoms with Crippen LogP contribution in [-0.2, 0) is 5.60 Å². The minimum atomic E-state index is -4.92. The normalized spacial score (nSPS) is 14.2. The minimum absolute atomic E-state index is 0.0270. The molecule has 0 spiro atoms. The van der Waals surface area contributed by atoms with Gasteiger partial charge < -0.3 is 14.7 Å². The number of anilines is 1. The van der Waals surface area contributed by atoms with Gasteiger partial charge in [-0.25, -0.2) is 0 Å². The van der Waals surface area contributed by atoms with Gasteiger partial charge in [0, 0.05) is 30.9 Å². The van der Waals surface area contributed by atoms with E-state index in [0.29, 0.717) is 0 Å². The number of hydrogen-bond donors (Lipinski definition) is 1. The molecule has 0 fully saturated rings. The summed E-state index contributed by atoms with van der Waals surface area (Å²) in [7, 11) is 4.52. The zero-order chi connectivity index (χ0) is 17.3. The van der Waals surface area contributed by atoms with E-state index in [2.05, 4.69) is 0 Å². The molecule has 23 heavy (non-hydrogen) atoms. The van der Waals surface area contributed by atoms with Crippen molar-refractivity contribution in [1.82, 2.24) is 0 Å². The van der Waals surface area contributed by atoms with Crippen molar-refractivity contribution >= 4 is 5.69 Å². The number of nitrogens with zero attached hydrogens (tertiary/aromatic N) is 1. The molecule has 0 heterocycles. The van der Waals surface area contributed by atoms with Crippen molar-refractivity contribution in [3.05, 3.63) is 59.7 Å². The van der Waals surface area contributed by atoms with Crippen LogP contribution in [0.5, 0.6) is 5.75 Å². The van der Waals surface area contributed by atoms with Crippen LogP contribution in [0.3, 0.4) is 0 Å². The number of para-hydroxylation sites is 2. The zero-order valence-corrected chi connectivity index (χ0v) is 13.1. The first-order chi connectivity index (χ1) is 10.7. The van der Waals surface area contributed by atoms with Crippen LogP contribution >= 0.6 is 0 Å². The van der Waals surface area contributed by atoms with Gasteiger partial charge in [-0.15, -0.1) is 0 Å². The van der Waals surface area contributed by atoms with Crippen LogP contribution in [0, 0.1) is 0 Å². The number of hydrogen-bond acceptors (Lipinski definition) is 3. The highest BCUT2D eigenvalue weighted by Crippen LogP contribution is 2.49. The third-order valence-electron chi connectivity index (χ3n) is 3.68. The smallest absolute Gasteiger partial charge is 0.425 e. The van der Waals surface area contributed by atoms with Gasteiger partial charge in [0.05, 0.1) is 7.11 Å². The lowest BCUT2D eigenvalue weighted by molar-refractivity contribution is -0.248. The van der Waals surface area contributed by atoms with E-state index in [1.165, 1.54) is 48.4 Å². The Morgan fingerprint density at radius 3 is 1.96 bits per heavy atom. The predicted molar refractivity (Wildman–Crippen MR) is 82.8 cm³/mol. The number of rotatable bonds is 4. The molecule has 0 aliphatic heterocycles. The van der Waals surface area contributed by atoms with Crippen LogP contribution in [0.15, 0.2) is 48.5 Å². The molecule has 0 aliphatic rings. The third kappa shape index (κ3) is 2.86. The fourth-order valence-corrected chi connectivity index (χ4v) is 2.56. The molecule has 0 bridgehead atoms.